The van der Waals surface area contributed by atoms with Crippen molar-refractivity contribution in [2.24, 2.45) is 0 Å². The van der Waals surface area contributed by atoms with Gasteiger partial charge in [-0.3, -0.25) is 0 Å². The Morgan fingerprint density at radius 2 is 1.86 bits per heavy atom. The number of aromatic nitrogens is 2. The molecule has 104 valence electrons. The van der Waals surface area contributed by atoms with Gasteiger partial charge in [-0.15, -0.1) is 0 Å². The highest BCUT2D eigenvalue weighted by Gasteiger charge is 2.18. The number of nitrogens with zero attached hydrogens (tertiary/aromatic N) is 1. The minimum atomic E-state index is 1.07. The lowest BCUT2D eigenvalue weighted by Crippen LogP contribution is -2.24. The molecule has 2 nitrogen and oxygen atoms in total. The largest absolute Gasteiger partial charge is 0.349 e. The van der Waals surface area contributed by atoms with E-state index in [0.717, 1.165) is 6.42 Å². The average Bonchev–Trinajstić information content (AvgIpc) is 2.85. The SMILES string of the molecule is CCc1c(C)c[n+]2ccc3c4ccccc4[nH]c3c2c1C. The fourth-order valence-electron chi connectivity index (χ4n) is 3.64. The van der Waals surface area contributed by atoms with Gasteiger partial charge in [-0.1, -0.05) is 25.1 Å². The lowest BCUT2D eigenvalue weighted by molar-refractivity contribution is -0.511. The molecular formula is C19H19N2+. The van der Waals surface area contributed by atoms with Crippen LogP contribution in [0.25, 0.3) is 27.3 Å². The van der Waals surface area contributed by atoms with Crippen LogP contribution in [0.5, 0.6) is 0 Å². The Hall–Kier alpha value is -2.35. The lowest BCUT2D eigenvalue weighted by Gasteiger charge is -2.07. The monoisotopic (exact) mass is 275 g/mol. The van der Waals surface area contributed by atoms with E-state index >= 15 is 0 Å². The number of hydrogen-bond acceptors (Lipinski definition) is 0. The number of aromatic amines is 1. The number of H-pyrrole nitrogens is 1. The third-order valence-electron chi connectivity index (χ3n) is 4.61. The summed E-state index contributed by atoms with van der Waals surface area (Å²) in [6, 6.07) is 10.7. The van der Waals surface area contributed by atoms with Crippen molar-refractivity contribution in [3.05, 3.63) is 59.4 Å². The Labute approximate surface area is 124 Å². The van der Waals surface area contributed by atoms with Crippen LogP contribution < -0.4 is 4.40 Å². The van der Waals surface area contributed by atoms with E-state index in [9.17, 15) is 0 Å². The molecule has 0 radical (unpaired) electrons. The summed E-state index contributed by atoms with van der Waals surface area (Å²) in [7, 11) is 0. The van der Waals surface area contributed by atoms with Gasteiger partial charge in [-0.05, 0) is 31.9 Å². The van der Waals surface area contributed by atoms with Crippen molar-refractivity contribution < 1.29 is 4.40 Å². The maximum Gasteiger partial charge on any atom is 0.238 e. The molecule has 0 aliphatic carbocycles. The van der Waals surface area contributed by atoms with Crippen LogP contribution in [0.15, 0.2) is 42.7 Å². The van der Waals surface area contributed by atoms with Crippen LogP contribution in [-0.2, 0) is 6.42 Å². The molecule has 0 bridgehead atoms. The van der Waals surface area contributed by atoms with Crippen molar-refractivity contribution >= 4 is 27.3 Å². The van der Waals surface area contributed by atoms with Crippen LogP contribution in [0.3, 0.4) is 0 Å². The summed E-state index contributed by atoms with van der Waals surface area (Å²) in [4.78, 5) is 3.61. The summed E-state index contributed by atoms with van der Waals surface area (Å²) < 4.78 is 2.25. The van der Waals surface area contributed by atoms with Gasteiger partial charge >= 0.3 is 0 Å². The second-order valence-electron chi connectivity index (χ2n) is 5.80. The number of rotatable bonds is 1. The van der Waals surface area contributed by atoms with Gasteiger partial charge in [-0.25, -0.2) is 0 Å². The summed E-state index contributed by atoms with van der Waals surface area (Å²) in [6.45, 7) is 6.68. The predicted octanol–water partition coefficient (Wildman–Crippen LogP) is 4.24. The maximum atomic E-state index is 3.61. The van der Waals surface area contributed by atoms with Crippen LogP contribution in [0, 0.1) is 13.8 Å². The summed E-state index contributed by atoms with van der Waals surface area (Å²) in [5.41, 5.74) is 7.95. The molecule has 4 aromatic rings. The summed E-state index contributed by atoms with van der Waals surface area (Å²) in [5.74, 6) is 0. The molecule has 0 fully saturated rings. The molecule has 0 saturated carbocycles. The highest BCUT2D eigenvalue weighted by molar-refractivity contribution is 6.11. The third kappa shape index (κ3) is 1.62. The first kappa shape index (κ1) is 12.4. The predicted molar refractivity (Wildman–Crippen MR) is 87.8 cm³/mol. The van der Waals surface area contributed by atoms with Crippen LogP contribution in [-0.4, -0.2) is 4.98 Å². The Morgan fingerprint density at radius 1 is 1.05 bits per heavy atom. The average molecular weight is 275 g/mol. The smallest absolute Gasteiger partial charge is 0.238 e. The Kier molecular flexibility index (Phi) is 2.55. The lowest BCUT2D eigenvalue weighted by atomic mass is 10.0. The molecule has 2 heteroatoms. The molecule has 0 aliphatic rings. The highest BCUT2D eigenvalue weighted by Crippen LogP contribution is 2.29. The van der Waals surface area contributed by atoms with Crippen LogP contribution in [0.2, 0.25) is 0 Å². The third-order valence-corrected chi connectivity index (χ3v) is 4.61. The van der Waals surface area contributed by atoms with Crippen molar-refractivity contribution in [3.63, 3.8) is 0 Å². The zero-order chi connectivity index (χ0) is 14.6. The fourth-order valence-corrected chi connectivity index (χ4v) is 3.64. The number of aryl methyl sites for hydroxylation is 2. The summed E-state index contributed by atoms with van der Waals surface area (Å²) in [6.07, 6.45) is 5.49. The number of pyridine rings is 2. The van der Waals surface area contributed by atoms with E-state index in [-0.39, 0.29) is 0 Å². The molecule has 0 aliphatic heterocycles. The molecule has 0 saturated heterocycles. The summed E-state index contributed by atoms with van der Waals surface area (Å²) in [5, 5.41) is 2.60. The standard InChI is InChI=1S/C19H18N2/c1-4-14-12(2)11-21-10-9-16-15-7-5-6-8-17(15)20-18(16)19(21)13(14)3/h5-11H,4H2,1-3H3/p+1. The molecule has 3 aromatic heterocycles. The van der Waals surface area contributed by atoms with E-state index in [4.69, 9.17) is 0 Å². The van der Waals surface area contributed by atoms with Gasteiger partial charge in [0.1, 0.15) is 5.52 Å². The minimum absolute atomic E-state index is 1.07. The van der Waals surface area contributed by atoms with Crippen molar-refractivity contribution in [1.82, 2.24) is 4.98 Å². The number of fused-ring (bicyclic) bond motifs is 5. The van der Waals surface area contributed by atoms with E-state index in [1.54, 1.807) is 0 Å². The van der Waals surface area contributed by atoms with Gasteiger partial charge in [-0.2, -0.15) is 4.40 Å². The van der Waals surface area contributed by atoms with E-state index in [1.165, 1.54) is 44.0 Å². The zero-order valence-corrected chi connectivity index (χ0v) is 12.7. The molecule has 0 spiro atoms. The van der Waals surface area contributed by atoms with E-state index < -0.39 is 0 Å². The normalized spacial score (nSPS) is 11.8. The van der Waals surface area contributed by atoms with E-state index in [2.05, 4.69) is 72.9 Å². The maximum absolute atomic E-state index is 3.61. The van der Waals surface area contributed by atoms with Gasteiger partial charge in [0.05, 0.1) is 0 Å². The second kappa shape index (κ2) is 4.32. The second-order valence-corrected chi connectivity index (χ2v) is 5.80. The Balaban J connectivity index is 2.27. The molecule has 3 heterocycles. The first-order valence-corrected chi connectivity index (χ1v) is 7.54. The van der Waals surface area contributed by atoms with E-state index in [1.807, 2.05) is 0 Å². The van der Waals surface area contributed by atoms with Crippen LogP contribution in [0.1, 0.15) is 23.6 Å². The van der Waals surface area contributed by atoms with Crippen molar-refractivity contribution in [1.29, 1.82) is 0 Å². The number of hydrogen-bond donors (Lipinski definition) is 1. The molecule has 1 N–H and O–H groups in total. The summed E-state index contributed by atoms with van der Waals surface area (Å²) >= 11 is 0. The van der Waals surface area contributed by atoms with Crippen molar-refractivity contribution in [3.8, 4) is 0 Å². The number of benzene rings is 1. The zero-order valence-electron chi connectivity index (χ0n) is 12.7. The molecule has 0 atom stereocenters. The first-order chi connectivity index (χ1) is 10.2. The van der Waals surface area contributed by atoms with Gasteiger partial charge in [0.2, 0.25) is 5.52 Å². The van der Waals surface area contributed by atoms with Gasteiger partial charge in [0.25, 0.3) is 0 Å². The van der Waals surface area contributed by atoms with Crippen LogP contribution >= 0.6 is 0 Å². The minimum Gasteiger partial charge on any atom is -0.349 e. The van der Waals surface area contributed by atoms with E-state index in [0.29, 0.717) is 0 Å². The molecule has 21 heavy (non-hydrogen) atoms. The first-order valence-electron chi connectivity index (χ1n) is 7.54. The van der Waals surface area contributed by atoms with Crippen LogP contribution in [0.4, 0.5) is 0 Å². The van der Waals surface area contributed by atoms with Gasteiger partial charge < -0.3 is 4.98 Å². The van der Waals surface area contributed by atoms with Crippen molar-refractivity contribution in [2.45, 2.75) is 27.2 Å². The molecular weight excluding hydrogens is 256 g/mol. The topological polar surface area (TPSA) is 19.9 Å². The number of para-hydroxylation sites is 1. The molecule has 4 rings (SSSR count). The van der Waals surface area contributed by atoms with Gasteiger partial charge in [0.15, 0.2) is 12.4 Å². The quantitative estimate of drug-likeness (QED) is 0.501. The van der Waals surface area contributed by atoms with Gasteiger partial charge in [0, 0.05) is 33.5 Å². The fraction of sp³-hybridized carbons (Fsp3) is 0.211. The Bertz CT molecular complexity index is 993. The highest BCUT2D eigenvalue weighted by atomic mass is 14.9. The Morgan fingerprint density at radius 3 is 2.67 bits per heavy atom. The molecule has 1 aromatic carbocycles. The number of nitrogens with one attached hydrogen (secondary N) is 1. The molecule has 0 unspecified atom stereocenters. The molecule has 0 amide bonds. The van der Waals surface area contributed by atoms with Crippen molar-refractivity contribution in [2.75, 3.05) is 0 Å².